The summed E-state index contributed by atoms with van der Waals surface area (Å²) in [5.41, 5.74) is -0.0589. The molecule has 1 fully saturated rings. The van der Waals surface area contributed by atoms with Gasteiger partial charge < -0.3 is 0 Å². The SMILES string of the molecule is O=S(=O)(Nc1ccc(Br)cc1F)NC1CC1. The number of hydrogen-bond acceptors (Lipinski definition) is 2. The van der Waals surface area contributed by atoms with E-state index < -0.39 is 16.0 Å². The molecule has 16 heavy (non-hydrogen) atoms. The Morgan fingerprint density at radius 1 is 1.38 bits per heavy atom. The van der Waals surface area contributed by atoms with Gasteiger partial charge in [0, 0.05) is 10.5 Å². The van der Waals surface area contributed by atoms with Gasteiger partial charge >= 0.3 is 0 Å². The first kappa shape index (κ1) is 11.8. The Labute approximate surface area is 102 Å². The van der Waals surface area contributed by atoms with Crippen molar-refractivity contribution >= 4 is 31.8 Å². The zero-order valence-corrected chi connectivity index (χ0v) is 10.6. The summed E-state index contributed by atoms with van der Waals surface area (Å²) in [7, 11) is -3.66. The van der Waals surface area contributed by atoms with Crippen molar-refractivity contribution in [3.8, 4) is 0 Å². The molecule has 0 spiro atoms. The maximum Gasteiger partial charge on any atom is 0.299 e. The summed E-state index contributed by atoms with van der Waals surface area (Å²) >= 11 is 3.09. The fourth-order valence-corrected chi connectivity index (χ4v) is 2.69. The van der Waals surface area contributed by atoms with Crippen molar-refractivity contribution in [3.05, 3.63) is 28.5 Å². The van der Waals surface area contributed by atoms with Gasteiger partial charge in [-0.3, -0.25) is 4.72 Å². The summed E-state index contributed by atoms with van der Waals surface area (Å²) in [6.07, 6.45) is 1.67. The van der Waals surface area contributed by atoms with E-state index in [2.05, 4.69) is 25.4 Å². The highest BCUT2D eigenvalue weighted by Crippen LogP contribution is 2.22. The molecule has 0 aromatic heterocycles. The molecule has 0 aliphatic heterocycles. The number of benzene rings is 1. The third-order valence-corrected chi connectivity index (χ3v) is 3.70. The maximum absolute atomic E-state index is 13.3. The van der Waals surface area contributed by atoms with Crippen LogP contribution < -0.4 is 9.44 Å². The Morgan fingerprint density at radius 3 is 2.62 bits per heavy atom. The van der Waals surface area contributed by atoms with Gasteiger partial charge in [-0.05, 0) is 31.0 Å². The molecule has 0 radical (unpaired) electrons. The predicted octanol–water partition coefficient (Wildman–Crippen LogP) is 2.00. The number of rotatable bonds is 4. The van der Waals surface area contributed by atoms with Crippen LogP contribution >= 0.6 is 15.9 Å². The van der Waals surface area contributed by atoms with Crippen molar-refractivity contribution in [1.82, 2.24) is 4.72 Å². The fourth-order valence-electron chi connectivity index (χ4n) is 1.17. The fraction of sp³-hybridized carbons (Fsp3) is 0.333. The number of halogens is 2. The van der Waals surface area contributed by atoms with E-state index in [0.29, 0.717) is 4.47 Å². The molecule has 0 bridgehead atoms. The molecule has 0 unspecified atom stereocenters. The first-order chi connectivity index (χ1) is 7.46. The van der Waals surface area contributed by atoms with Gasteiger partial charge in [0.25, 0.3) is 10.2 Å². The largest absolute Gasteiger partial charge is 0.299 e. The Kier molecular flexibility index (Phi) is 3.18. The van der Waals surface area contributed by atoms with Crippen molar-refractivity contribution in [2.24, 2.45) is 0 Å². The second kappa shape index (κ2) is 4.31. The van der Waals surface area contributed by atoms with Gasteiger partial charge in [-0.15, -0.1) is 0 Å². The molecule has 2 rings (SSSR count). The highest BCUT2D eigenvalue weighted by molar-refractivity contribution is 9.10. The van der Waals surface area contributed by atoms with Gasteiger partial charge in [-0.2, -0.15) is 13.1 Å². The van der Waals surface area contributed by atoms with Crippen LogP contribution in [0, 0.1) is 5.82 Å². The topological polar surface area (TPSA) is 58.2 Å². The molecule has 0 saturated heterocycles. The van der Waals surface area contributed by atoms with E-state index in [1.807, 2.05) is 0 Å². The zero-order valence-electron chi connectivity index (χ0n) is 8.20. The lowest BCUT2D eigenvalue weighted by atomic mass is 10.3. The number of nitrogens with one attached hydrogen (secondary N) is 2. The van der Waals surface area contributed by atoms with Crippen LogP contribution in [0.25, 0.3) is 0 Å². The van der Waals surface area contributed by atoms with Crippen LogP contribution in [-0.4, -0.2) is 14.5 Å². The van der Waals surface area contributed by atoms with E-state index in [0.717, 1.165) is 12.8 Å². The van der Waals surface area contributed by atoms with Gasteiger partial charge in [-0.1, -0.05) is 15.9 Å². The summed E-state index contributed by atoms with van der Waals surface area (Å²) in [5.74, 6) is -0.615. The summed E-state index contributed by atoms with van der Waals surface area (Å²) in [6.45, 7) is 0. The van der Waals surface area contributed by atoms with E-state index in [1.165, 1.54) is 12.1 Å². The van der Waals surface area contributed by atoms with Crippen molar-refractivity contribution in [2.45, 2.75) is 18.9 Å². The second-order valence-electron chi connectivity index (χ2n) is 3.62. The molecule has 1 aliphatic rings. The minimum Gasteiger partial charge on any atom is -0.268 e. The first-order valence-electron chi connectivity index (χ1n) is 4.71. The quantitative estimate of drug-likeness (QED) is 0.894. The van der Waals surface area contributed by atoms with E-state index in [-0.39, 0.29) is 11.7 Å². The average Bonchev–Trinajstić information content (AvgIpc) is 2.93. The lowest BCUT2D eigenvalue weighted by Crippen LogP contribution is -2.32. The van der Waals surface area contributed by atoms with Crippen molar-refractivity contribution in [1.29, 1.82) is 0 Å². The van der Waals surface area contributed by atoms with Gasteiger partial charge in [0.1, 0.15) is 5.82 Å². The molecule has 1 aromatic carbocycles. The van der Waals surface area contributed by atoms with Crippen LogP contribution in [-0.2, 0) is 10.2 Å². The lowest BCUT2D eigenvalue weighted by molar-refractivity contribution is 0.584. The second-order valence-corrected chi connectivity index (χ2v) is 5.98. The molecule has 0 heterocycles. The maximum atomic E-state index is 13.3. The third kappa shape index (κ3) is 3.16. The number of hydrogen-bond donors (Lipinski definition) is 2. The molecule has 0 amide bonds. The summed E-state index contributed by atoms with van der Waals surface area (Å²) in [4.78, 5) is 0. The minimum absolute atomic E-state index is 0.00369. The molecule has 7 heteroatoms. The molecular formula is C9H10BrFN2O2S. The van der Waals surface area contributed by atoms with E-state index in [4.69, 9.17) is 0 Å². The van der Waals surface area contributed by atoms with E-state index in [9.17, 15) is 12.8 Å². The molecule has 1 saturated carbocycles. The molecule has 2 N–H and O–H groups in total. The van der Waals surface area contributed by atoms with Gasteiger partial charge in [0.15, 0.2) is 0 Å². The van der Waals surface area contributed by atoms with Gasteiger partial charge in [0.2, 0.25) is 0 Å². The Balaban J connectivity index is 2.13. The highest BCUT2D eigenvalue weighted by atomic mass is 79.9. The predicted molar refractivity (Wildman–Crippen MR) is 62.8 cm³/mol. The van der Waals surface area contributed by atoms with Crippen LogP contribution in [0.3, 0.4) is 0 Å². The highest BCUT2D eigenvalue weighted by Gasteiger charge is 2.27. The van der Waals surface area contributed by atoms with Crippen molar-refractivity contribution < 1.29 is 12.8 Å². The standard InChI is InChI=1S/C9H10BrFN2O2S/c10-6-1-4-9(8(11)5-6)13-16(14,15)12-7-2-3-7/h1,4-5,7,12-13H,2-3H2. The van der Waals surface area contributed by atoms with Crippen LogP contribution in [0.1, 0.15) is 12.8 Å². The van der Waals surface area contributed by atoms with Gasteiger partial charge in [0.05, 0.1) is 5.69 Å². The van der Waals surface area contributed by atoms with E-state index >= 15 is 0 Å². The monoisotopic (exact) mass is 308 g/mol. The van der Waals surface area contributed by atoms with Crippen LogP contribution in [0.15, 0.2) is 22.7 Å². The minimum atomic E-state index is -3.66. The smallest absolute Gasteiger partial charge is 0.268 e. The lowest BCUT2D eigenvalue weighted by Gasteiger charge is -2.09. The van der Waals surface area contributed by atoms with Crippen LogP contribution in [0.2, 0.25) is 0 Å². The van der Waals surface area contributed by atoms with Crippen molar-refractivity contribution in [2.75, 3.05) is 4.72 Å². The van der Waals surface area contributed by atoms with Crippen LogP contribution in [0.4, 0.5) is 10.1 Å². The van der Waals surface area contributed by atoms with Crippen LogP contribution in [0.5, 0.6) is 0 Å². The number of anilines is 1. The Morgan fingerprint density at radius 2 is 2.06 bits per heavy atom. The molecule has 0 atom stereocenters. The summed E-state index contributed by atoms with van der Waals surface area (Å²) in [6, 6.07) is 4.13. The summed E-state index contributed by atoms with van der Waals surface area (Å²) in [5, 5.41) is 0. The molecule has 1 aliphatic carbocycles. The average molecular weight is 309 g/mol. The van der Waals surface area contributed by atoms with E-state index in [1.54, 1.807) is 6.07 Å². The summed E-state index contributed by atoms with van der Waals surface area (Å²) < 4.78 is 41.4. The first-order valence-corrected chi connectivity index (χ1v) is 6.99. The Bertz CT molecular complexity index is 502. The zero-order chi connectivity index (χ0) is 11.8. The van der Waals surface area contributed by atoms with Crippen molar-refractivity contribution in [3.63, 3.8) is 0 Å². The normalized spacial score (nSPS) is 16.1. The Hall–Kier alpha value is -0.660. The third-order valence-electron chi connectivity index (χ3n) is 2.07. The molecular weight excluding hydrogens is 299 g/mol. The molecule has 1 aromatic rings. The molecule has 4 nitrogen and oxygen atoms in total. The molecule has 88 valence electrons. The van der Waals surface area contributed by atoms with Gasteiger partial charge in [-0.25, -0.2) is 4.39 Å².